The number of benzene rings is 3. The Labute approximate surface area is 191 Å². The average molecular weight is 459 g/mol. The smallest absolute Gasteiger partial charge is 0.296 e. The van der Waals surface area contributed by atoms with Crippen LogP contribution in [-0.4, -0.2) is 27.3 Å². The average Bonchev–Trinajstić information content (AvgIpc) is 3.16. The highest BCUT2D eigenvalue weighted by atomic mass is 31.2. The van der Waals surface area contributed by atoms with E-state index in [0.717, 1.165) is 16.9 Å². The maximum atomic E-state index is 14.9. The van der Waals surface area contributed by atoms with Crippen molar-refractivity contribution >= 4 is 30.1 Å². The lowest BCUT2D eigenvalue weighted by Crippen LogP contribution is -2.37. The van der Waals surface area contributed by atoms with Crippen molar-refractivity contribution in [2.75, 3.05) is 12.1 Å². The van der Waals surface area contributed by atoms with Crippen LogP contribution < -0.4 is 10.4 Å². The molecule has 1 aromatic heterocycles. The van der Waals surface area contributed by atoms with E-state index in [-0.39, 0.29) is 11.4 Å². The third-order valence-electron chi connectivity index (χ3n) is 5.78. The van der Waals surface area contributed by atoms with Crippen LogP contribution in [0.3, 0.4) is 0 Å². The van der Waals surface area contributed by atoms with Gasteiger partial charge < -0.3 is 5.09 Å². The first-order valence-corrected chi connectivity index (χ1v) is 12.2. The number of aromatic nitrogens is 2. The van der Waals surface area contributed by atoms with Crippen molar-refractivity contribution < 1.29 is 8.96 Å². The molecule has 166 valence electrons. The van der Waals surface area contributed by atoms with Gasteiger partial charge in [0.25, 0.3) is 7.44 Å². The molecule has 2 heterocycles. The van der Waals surface area contributed by atoms with E-state index < -0.39 is 13.3 Å². The lowest BCUT2D eigenvalue weighted by atomic mass is 10.2. The molecule has 0 fully saturated rings. The van der Waals surface area contributed by atoms with Crippen LogP contribution in [0.25, 0.3) is 5.69 Å². The molecule has 0 aliphatic carbocycles. The molecule has 3 aromatic carbocycles. The molecule has 0 bridgehead atoms. The van der Waals surface area contributed by atoms with Crippen LogP contribution in [-0.2, 0) is 4.57 Å². The van der Waals surface area contributed by atoms with E-state index in [4.69, 9.17) is 4.99 Å². The minimum absolute atomic E-state index is 0.274. The van der Waals surface area contributed by atoms with Crippen molar-refractivity contribution in [3.8, 4) is 5.69 Å². The topological polar surface area (TPSA) is 62.5 Å². The van der Waals surface area contributed by atoms with Gasteiger partial charge in [-0.3, -0.25) is 9.24 Å². The molecule has 0 saturated heterocycles. The summed E-state index contributed by atoms with van der Waals surface area (Å²) in [7, 11) is -1.84. The molecule has 4 aromatic rings. The molecule has 33 heavy (non-hydrogen) atoms. The largest absolute Gasteiger partial charge is 0.316 e. The van der Waals surface area contributed by atoms with Crippen molar-refractivity contribution in [2.45, 2.75) is 13.8 Å². The maximum absolute atomic E-state index is 14.9. The number of aryl methyl sites for hydroxylation is 2. The molecule has 6 nitrogen and oxygen atoms in total. The van der Waals surface area contributed by atoms with Gasteiger partial charge in [-0.15, -0.1) is 0 Å². The van der Waals surface area contributed by atoms with Gasteiger partial charge in [-0.2, -0.15) is 5.10 Å². The van der Waals surface area contributed by atoms with E-state index in [0.29, 0.717) is 16.8 Å². The van der Waals surface area contributed by atoms with Gasteiger partial charge in [0, 0.05) is 12.7 Å². The molecule has 1 aliphatic heterocycles. The zero-order chi connectivity index (χ0) is 23.2. The van der Waals surface area contributed by atoms with Crippen molar-refractivity contribution in [3.05, 3.63) is 102 Å². The Kier molecular flexibility index (Phi) is 5.14. The maximum Gasteiger partial charge on any atom is 0.296 e. The molecule has 1 N–H and O–H groups in total. The number of amidine groups is 1. The minimum atomic E-state index is -3.52. The molecule has 0 saturated carbocycles. The van der Waals surface area contributed by atoms with Crippen LogP contribution in [0, 0.1) is 19.7 Å². The van der Waals surface area contributed by atoms with E-state index in [1.165, 1.54) is 6.07 Å². The molecule has 1 unspecified atom stereocenters. The van der Waals surface area contributed by atoms with Crippen molar-refractivity contribution in [1.29, 1.82) is 0 Å². The molecule has 8 heteroatoms. The lowest BCUT2D eigenvalue weighted by Gasteiger charge is -2.35. The van der Waals surface area contributed by atoms with Gasteiger partial charge in [-0.1, -0.05) is 48.5 Å². The first-order valence-electron chi connectivity index (χ1n) is 10.6. The highest BCUT2D eigenvalue weighted by molar-refractivity contribution is 7.72. The number of aliphatic imine (C=N–C) groups is 1. The van der Waals surface area contributed by atoms with E-state index in [1.807, 2.05) is 68.4 Å². The number of anilines is 1. The van der Waals surface area contributed by atoms with E-state index in [9.17, 15) is 8.96 Å². The molecular weight excluding hydrogens is 436 g/mol. The number of rotatable bonds is 4. The van der Waals surface area contributed by atoms with Gasteiger partial charge >= 0.3 is 0 Å². The van der Waals surface area contributed by atoms with Crippen molar-refractivity contribution in [3.63, 3.8) is 0 Å². The van der Waals surface area contributed by atoms with Gasteiger partial charge in [0.15, 0.2) is 5.82 Å². The summed E-state index contributed by atoms with van der Waals surface area (Å²) in [6, 6.07) is 23.6. The van der Waals surface area contributed by atoms with Crippen LogP contribution >= 0.6 is 7.44 Å². The normalized spacial score (nSPS) is 17.5. The van der Waals surface area contributed by atoms with Crippen molar-refractivity contribution in [1.82, 2.24) is 14.5 Å². The third-order valence-corrected chi connectivity index (χ3v) is 8.49. The minimum Gasteiger partial charge on any atom is -0.316 e. The van der Waals surface area contributed by atoms with Gasteiger partial charge in [0.1, 0.15) is 17.0 Å². The number of halogens is 1. The van der Waals surface area contributed by atoms with Crippen LogP contribution in [0.4, 0.5) is 15.9 Å². The number of nitrogens with zero attached hydrogens (tertiary/aromatic N) is 4. The second-order valence-corrected chi connectivity index (χ2v) is 10.4. The Hall–Kier alpha value is -3.70. The summed E-state index contributed by atoms with van der Waals surface area (Å²) in [4.78, 5) is 4.80. The predicted octanol–water partition coefficient (Wildman–Crippen LogP) is 5.58. The monoisotopic (exact) mass is 459 g/mol. The van der Waals surface area contributed by atoms with Gasteiger partial charge in [0.05, 0.1) is 16.9 Å². The molecule has 0 amide bonds. The van der Waals surface area contributed by atoms with Crippen LogP contribution in [0.15, 0.2) is 83.9 Å². The van der Waals surface area contributed by atoms with E-state index >= 15 is 0 Å². The molecule has 1 aliphatic rings. The summed E-state index contributed by atoms with van der Waals surface area (Å²) < 4.78 is 32.9. The van der Waals surface area contributed by atoms with Gasteiger partial charge in [-0.25, -0.2) is 14.1 Å². The molecule has 1 atom stereocenters. The van der Waals surface area contributed by atoms with Gasteiger partial charge in [-0.05, 0) is 49.7 Å². The quantitative estimate of drug-likeness (QED) is 0.405. The van der Waals surface area contributed by atoms with E-state index in [1.54, 1.807) is 34.6 Å². The third kappa shape index (κ3) is 3.45. The highest BCUT2D eigenvalue weighted by Gasteiger charge is 2.43. The van der Waals surface area contributed by atoms with Crippen LogP contribution in [0.1, 0.15) is 16.8 Å². The van der Waals surface area contributed by atoms with Crippen LogP contribution in [0.5, 0.6) is 0 Å². The van der Waals surface area contributed by atoms with Gasteiger partial charge in [0.2, 0.25) is 0 Å². The Morgan fingerprint density at radius 2 is 1.58 bits per heavy atom. The second-order valence-electron chi connectivity index (χ2n) is 7.95. The standard InChI is InChI=1S/C25H23FN5OP/c1-17-11-7-10-16-22(17)29-33(32)23-18(2)28-31(19-12-5-4-6-13-19)25(23)27-24(30(33)3)20-14-8-9-15-21(20)26/h4-16H,1-3H3,(H,29,32). The Morgan fingerprint density at radius 3 is 2.30 bits per heavy atom. The molecule has 5 rings (SSSR count). The number of para-hydroxylation sites is 2. The summed E-state index contributed by atoms with van der Waals surface area (Å²) in [5.74, 6) is 0.276. The number of fused-ring (bicyclic) bond motifs is 1. The first-order chi connectivity index (χ1) is 15.9. The Balaban J connectivity index is 1.79. The second kappa shape index (κ2) is 8.01. The molecular formula is C25H23FN5OP. The summed E-state index contributed by atoms with van der Waals surface area (Å²) in [6.07, 6.45) is 0. The fourth-order valence-electron chi connectivity index (χ4n) is 4.04. The summed E-state index contributed by atoms with van der Waals surface area (Å²) in [5, 5.41) is 8.48. The fourth-order valence-corrected chi connectivity index (χ4v) is 6.49. The number of hydrogen-bond acceptors (Lipinski definition) is 3. The zero-order valence-electron chi connectivity index (χ0n) is 18.5. The van der Waals surface area contributed by atoms with Crippen molar-refractivity contribution in [2.24, 2.45) is 4.99 Å². The zero-order valence-corrected chi connectivity index (χ0v) is 19.4. The fraction of sp³-hybridized carbons (Fsp3) is 0.120. The predicted molar refractivity (Wildman–Crippen MR) is 131 cm³/mol. The van der Waals surface area contributed by atoms with Crippen LogP contribution in [0.2, 0.25) is 0 Å². The summed E-state index contributed by atoms with van der Waals surface area (Å²) in [6.45, 7) is 3.77. The molecule has 0 radical (unpaired) electrons. The SMILES string of the molecule is Cc1ccccc1NP1(=O)c2c(C)nn(-c3ccccc3)c2N=C(c2ccccc2F)N1C. The highest BCUT2D eigenvalue weighted by Crippen LogP contribution is 2.54. The first kappa shape index (κ1) is 21.2. The summed E-state index contributed by atoms with van der Waals surface area (Å²) in [5.41, 5.74) is 3.34. The summed E-state index contributed by atoms with van der Waals surface area (Å²) >= 11 is 0. The number of hydrogen-bond donors (Lipinski definition) is 1. The molecule has 0 spiro atoms. The van der Waals surface area contributed by atoms with E-state index in [2.05, 4.69) is 10.2 Å². The number of nitrogens with one attached hydrogen (secondary N) is 1. The Bertz CT molecular complexity index is 1430. The lowest BCUT2D eigenvalue weighted by molar-refractivity contribution is 0.552. The Morgan fingerprint density at radius 1 is 0.909 bits per heavy atom.